The number of ether oxygens (including phenoxy) is 1. The van der Waals surface area contributed by atoms with Gasteiger partial charge in [0.25, 0.3) is 5.91 Å². The van der Waals surface area contributed by atoms with Crippen molar-refractivity contribution in [2.24, 2.45) is 10.2 Å². The van der Waals surface area contributed by atoms with Gasteiger partial charge in [-0.2, -0.15) is 10.2 Å². The molecule has 32 heavy (non-hydrogen) atoms. The van der Waals surface area contributed by atoms with Gasteiger partial charge in [-0.25, -0.2) is 13.1 Å². The number of nitrogens with zero attached hydrogens (tertiary/aromatic N) is 2. The molecule has 3 rings (SSSR count). The predicted octanol–water partition coefficient (Wildman–Crippen LogP) is 5.05. The minimum absolute atomic E-state index is 0.0991. The Balaban J connectivity index is 1.75. The number of azo groups is 1. The fraction of sp³-hybridized carbons (Fsp3) is 0.174. The molecular weight excluding hydrogens is 428 g/mol. The van der Waals surface area contributed by atoms with Crippen LogP contribution in [0.1, 0.15) is 24.2 Å². The highest BCUT2D eigenvalue weighted by Gasteiger charge is 2.22. The summed E-state index contributed by atoms with van der Waals surface area (Å²) in [6.45, 7) is 3.42. The van der Waals surface area contributed by atoms with E-state index in [1.165, 1.54) is 25.3 Å². The van der Waals surface area contributed by atoms with Crippen molar-refractivity contribution < 1.29 is 17.9 Å². The number of benzene rings is 3. The molecule has 0 aliphatic carbocycles. The number of hydrogen-bond acceptors (Lipinski definition) is 6. The van der Waals surface area contributed by atoms with Crippen LogP contribution in [0.3, 0.4) is 0 Å². The summed E-state index contributed by atoms with van der Waals surface area (Å²) < 4.78 is 32.9. The Bertz CT molecular complexity index is 1210. The van der Waals surface area contributed by atoms with E-state index in [9.17, 15) is 13.2 Å². The van der Waals surface area contributed by atoms with Gasteiger partial charge < -0.3 is 10.1 Å². The zero-order valence-corrected chi connectivity index (χ0v) is 18.8. The van der Waals surface area contributed by atoms with Gasteiger partial charge in [0.05, 0.1) is 18.5 Å². The number of hydrogen-bond donors (Lipinski definition) is 2. The molecule has 166 valence electrons. The second-order valence-corrected chi connectivity index (χ2v) is 8.86. The summed E-state index contributed by atoms with van der Waals surface area (Å²) in [6.07, 6.45) is 0. The van der Waals surface area contributed by atoms with Crippen molar-refractivity contribution in [1.29, 1.82) is 0 Å². The minimum Gasteiger partial charge on any atom is -0.495 e. The summed E-state index contributed by atoms with van der Waals surface area (Å²) in [5.74, 6) is -0.296. The van der Waals surface area contributed by atoms with Crippen molar-refractivity contribution in [2.45, 2.75) is 24.8 Å². The lowest BCUT2D eigenvalue weighted by Crippen LogP contribution is -2.30. The Kier molecular flexibility index (Phi) is 7.34. The normalized spacial score (nSPS) is 11.6. The van der Waals surface area contributed by atoms with E-state index in [4.69, 9.17) is 4.74 Å². The molecule has 0 fully saturated rings. The number of anilines is 1. The molecule has 0 bridgehead atoms. The molecule has 8 nitrogen and oxygen atoms in total. The zero-order chi connectivity index (χ0) is 23.1. The first kappa shape index (κ1) is 23.1. The Morgan fingerprint density at radius 1 is 0.906 bits per heavy atom. The molecule has 0 heterocycles. The molecule has 0 saturated heterocycles. The lowest BCUT2D eigenvalue weighted by atomic mass is 10.2. The summed E-state index contributed by atoms with van der Waals surface area (Å²) in [6, 6.07) is 20.1. The van der Waals surface area contributed by atoms with Gasteiger partial charge in [0.15, 0.2) is 0 Å². The van der Waals surface area contributed by atoms with Gasteiger partial charge in [0, 0.05) is 17.3 Å². The molecule has 0 radical (unpaired) electrons. The number of amides is 1. The summed E-state index contributed by atoms with van der Waals surface area (Å²) in [5, 5.41) is 11.1. The molecule has 3 aromatic carbocycles. The summed E-state index contributed by atoms with van der Waals surface area (Å²) >= 11 is 0. The van der Waals surface area contributed by atoms with Crippen LogP contribution < -0.4 is 14.8 Å². The van der Waals surface area contributed by atoms with E-state index in [1.807, 2.05) is 30.3 Å². The molecule has 0 unspecified atom stereocenters. The highest BCUT2D eigenvalue weighted by atomic mass is 32.2. The van der Waals surface area contributed by atoms with E-state index in [0.29, 0.717) is 11.4 Å². The summed E-state index contributed by atoms with van der Waals surface area (Å²) in [4.78, 5) is 12.6. The second kappa shape index (κ2) is 10.2. The van der Waals surface area contributed by atoms with Gasteiger partial charge in [-0.1, -0.05) is 18.2 Å². The average molecular weight is 453 g/mol. The van der Waals surface area contributed by atoms with E-state index in [1.54, 1.807) is 38.1 Å². The van der Waals surface area contributed by atoms with Crippen LogP contribution in [-0.4, -0.2) is 27.5 Å². The topological polar surface area (TPSA) is 109 Å². The number of carbonyl (C=O) groups is 1. The SMILES string of the molecule is COc1ccc(C(=O)Nc2ccc(N=Nc3ccccc3)cc2)cc1S(=O)(=O)NC(C)C. The maximum absolute atomic E-state index is 12.7. The Morgan fingerprint density at radius 3 is 2.12 bits per heavy atom. The molecule has 0 aliphatic heterocycles. The standard InChI is InChI=1S/C23H24N4O4S/c1-16(2)27-32(29,30)22-15-17(9-14-21(22)31-3)23(28)24-18-10-12-20(13-11-18)26-25-19-7-5-4-6-8-19/h4-16,27H,1-3H3,(H,24,28). The molecule has 0 saturated carbocycles. The van der Waals surface area contributed by atoms with Crippen LogP contribution in [0.2, 0.25) is 0 Å². The molecule has 0 spiro atoms. The molecule has 0 aromatic heterocycles. The molecular formula is C23H24N4O4S. The fourth-order valence-electron chi connectivity index (χ4n) is 2.83. The fourth-order valence-corrected chi connectivity index (χ4v) is 4.27. The molecule has 1 amide bonds. The van der Waals surface area contributed by atoms with Gasteiger partial charge in [-0.3, -0.25) is 4.79 Å². The molecule has 3 aromatic rings. The van der Waals surface area contributed by atoms with Crippen LogP contribution >= 0.6 is 0 Å². The maximum atomic E-state index is 12.7. The lowest BCUT2D eigenvalue weighted by Gasteiger charge is -2.14. The van der Waals surface area contributed by atoms with Crippen molar-refractivity contribution in [1.82, 2.24) is 4.72 Å². The van der Waals surface area contributed by atoms with Gasteiger partial charge in [-0.05, 0) is 68.4 Å². The largest absolute Gasteiger partial charge is 0.495 e. The maximum Gasteiger partial charge on any atom is 0.255 e. The van der Waals surface area contributed by atoms with Crippen LogP contribution in [-0.2, 0) is 10.0 Å². The van der Waals surface area contributed by atoms with Gasteiger partial charge in [-0.15, -0.1) is 0 Å². The first-order chi connectivity index (χ1) is 15.3. The van der Waals surface area contributed by atoms with Gasteiger partial charge in [0.2, 0.25) is 10.0 Å². The first-order valence-electron chi connectivity index (χ1n) is 9.87. The van der Waals surface area contributed by atoms with Crippen molar-refractivity contribution in [3.63, 3.8) is 0 Å². The van der Waals surface area contributed by atoms with Gasteiger partial charge in [0.1, 0.15) is 10.6 Å². The highest BCUT2D eigenvalue weighted by Crippen LogP contribution is 2.26. The van der Waals surface area contributed by atoms with E-state index in [0.717, 1.165) is 5.69 Å². The molecule has 9 heteroatoms. The van der Waals surface area contributed by atoms with Crippen LogP contribution in [0, 0.1) is 0 Å². The molecule has 0 atom stereocenters. The Labute approximate surface area is 187 Å². The van der Waals surface area contributed by atoms with Crippen molar-refractivity contribution in [3.8, 4) is 5.75 Å². The third-order valence-electron chi connectivity index (χ3n) is 4.27. The van der Waals surface area contributed by atoms with Crippen LogP contribution in [0.4, 0.5) is 17.1 Å². The van der Waals surface area contributed by atoms with Crippen LogP contribution in [0.5, 0.6) is 5.75 Å². The lowest BCUT2D eigenvalue weighted by molar-refractivity contribution is 0.102. The summed E-state index contributed by atoms with van der Waals surface area (Å²) in [7, 11) is -2.47. The Morgan fingerprint density at radius 2 is 1.53 bits per heavy atom. The quantitative estimate of drug-likeness (QED) is 0.466. The van der Waals surface area contributed by atoms with Gasteiger partial charge >= 0.3 is 0 Å². The number of carbonyl (C=O) groups excluding carboxylic acids is 1. The van der Waals surface area contributed by atoms with Crippen molar-refractivity contribution in [2.75, 3.05) is 12.4 Å². The van der Waals surface area contributed by atoms with E-state index in [-0.39, 0.29) is 22.3 Å². The first-order valence-corrected chi connectivity index (χ1v) is 11.4. The number of nitrogens with one attached hydrogen (secondary N) is 2. The van der Waals surface area contributed by atoms with E-state index in [2.05, 4.69) is 20.3 Å². The van der Waals surface area contributed by atoms with Crippen LogP contribution in [0.15, 0.2) is 87.9 Å². The van der Waals surface area contributed by atoms with E-state index < -0.39 is 15.9 Å². The number of sulfonamides is 1. The van der Waals surface area contributed by atoms with E-state index >= 15 is 0 Å². The third-order valence-corrected chi connectivity index (χ3v) is 5.95. The molecule has 2 N–H and O–H groups in total. The van der Waals surface area contributed by atoms with Crippen LogP contribution in [0.25, 0.3) is 0 Å². The third kappa shape index (κ3) is 5.99. The average Bonchev–Trinajstić information content (AvgIpc) is 2.78. The van der Waals surface area contributed by atoms with Crippen molar-refractivity contribution >= 4 is 33.0 Å². The second-order valence-electron chi connectivity index (χ2n) is 7.18. The van der Waals surface area contributed by atoms with Crippen molar-refractivity contribution in [3.05, 3.63) is 78.4 Å². The molecule has 0 aliphatic rings. The zero-order valence-electron chi connectivity index (χ0n) is 17.9. The smallest absolute Gasteiger partial charge is 0.255 e. The summed E-state index contributed by atoms with van der Waals surface area (Å²) in [5.41, 5.74) is 2.09. The Hall–Kier alpha value is -3.56. The highest BCUT2D eigenvalue weighted by molar-refractivity contribution is 7.89. The number of methoxy groups -OCH3 is 1. The predicted molar refractivity (Wildman–Crippen MR) is 123 cm³/mol. The number of rotatable bonds is 8. The monoisotopic (exact) mass is 452 g/mol. The minimum atomic E-state index is -3.84.